The molecule has 0 bridgehead atoms. The van der Waals surface area contributed by atoms with Gasteiger partial charge in [0, 0.05) is 37.1 Å². The molecule has 1 saturated heterocycles. The van der Waals surface area contributed by atoms with Crippen molar-refractivity contribution in [1.82, 2.24) is 15.5 Å². The molecule has 2 aromatic rings. The topological polar surface area (TPSA) is 78.4 Å². The van der Waals surface area contributed by atoms with Crippen molar-refractivity contribution in [3.05, 3.63) is 34.9 Å². The molecular formula is C19H23ClN4O2. The van der Waals surface area contributed by atoms with Crippen LogP contribution in [0.1, 0.15) is 25.3 Å². The predicted octanol–water partition coefficient (Wildman–Crippen LogP) is 3.16. The zero-order chi connectivity index (χ0) is 18.7. The first kappa shape index (κ1) is 18.5. The molecular weight excluding hydrogens is 352 g/mol. The standard InChI is InChI=1S/C19H23ClN4O2/c1-12-8-15(20)9-17(26)19(12)16-5-6-18(23-22-16)24-7-3-4-14(11-24)10-21-13(2)25/h5-6,8-9,14,26H,3-4,7,10-11H2,1-2H3,(H,21,25)/t14-/m1/s1. The number of aromatic nitrogens is 2. The summed E-state index contributed by atoms with van der Waals surface area (Å²) < 4.78 is 0. The number of phenolic OH excluding ortho intramolecular Hbond substituents is 1. The zero-order valence-electron chi connectivity index (χ0n) is 15.0. The first-order valence-corrected chi connectivity index (χ1v) is 9.14. The van der Waals surface area contributed by atoms with Crippen molar-refractivity contribution in [1.29, 1.82) is 0 Å². The van der Waals surface area contributed by atoms with Crippen LogP contribution in [0.15, 0.2) is 24.3 Å². The van der Waals surface area contributed by atoms with Gasteiger partial charge in [0.1, 0.15) is 5.75 Å². The van der Waals surface area contributed by atoms with Gasteiger partial charge >= 0.3 is 0 Å². The summed E-state index contributed by atoms with van der Waals surface area (Å²) in [4.78, 5) is 13.3. The summed E-state index contributed by atoms with van der Waals surface area (Å²) in [6.45, 7) is 5.89. The lowest BCUT2D eigenvalue weighted by molar-refractivity contribution is -0.119. The van der Waals surface area contributed by atoms with Crippen LogP contribution >= 0.6 is 11.6 Å². The number of nitrogens with one attached hydrogen (secondary N) is 1. The van der Waals surface area contributed by atoms with Gasteiger partial charge in [-0.15, -0.1) is 10.2 Å². The lowest BCUT2D eigenvalue weighted by Gasteiger charge is -2.33. The lowest BCUT2D eigenvalue weighted by atomic mass is 9.98. The van der Waals surface area contributed by atoms with Crippen LogP contribution in [0.3, 0.4) is 0 Å². The molecule has 1 amide bonds. The Morgan fingerprint density at radius 3 is 2.85 bits per heavy atom. The highest BCUT2D eigenvalue weighted by molar-refractivity contribution is 6.31. The molecule has 6 nitrogen and oxygen atoms in total. The fourth-order valence-electron chi connectivity index (χ4n) is 3.41. The molecule has 0 spiro atoms. The summed E-state index contributed by atoms with van der Waals surface area (Å²) in [6, 6.07) is 7.10. The van der Waals surface area contributed by atoms with Crippen LogP contribution in [0.2, 0.25) is 5.02 Å². The van der Waals surface area contributed by atoms with Crippen molar-refractivity contribution in [2.45, 2.75) is 26.7 Å². The normalized spacial score (nSPS) is 17.2. The number of aryl methyl sites for hydroxylation is 1. The van der Waals surface area contributed by atoms with Gasteiger partial charge in [0.2, 0.25) is 5.91 Å². The Labute approximate surface area is 158 Å². The summed E-state index contributed by atoms with van der Waals surface area (Å²) >= 11 is 5.97. The molecule has 7 heteroatoms. The first-order valence-electron chi connectivity index (χ1n) is 8.76. The van der Waals surface area contributed by atoms with Crippen LogP contribution in [-0.4, -0.2) is 40.8 Å². The molecule has 1 fully saturated rings. The van der Waals surface area contributed by atoms with Crippen molar-refractivity contribution in [3.8, 4) is 17.0 Å². The number of benzene rings is 1. The maximum absolute atomic E-state index is 11.1. The third kappa shape index (κ3) is 4.25. The van der Waals surface area contributed by atoms with Crippen molar-refractivity contribution < 1.29 is 9.90 Å². The van der Waals surface area contributed by atoms with Gasteiger partial charge in [-0.25, -0.2) is 0 Å². The average Bonchev–Trinajstić information content (AvgIpc) is 2.60. The van der Waals surface area contributed by atoms with E-state index in [1.807, 2.05) is 19.1 Å². The number of nitrogens with zero attached hydrogens (tertiary/aromatic N) is 3. The minimum atomic E-state index is 0.00408. The summed E-state index contributed by atoms with van der Waals surface area (Å²) in [6.07, 6.45) is 2.16. The number of anilines is 1. The number of carbonyl (C=O) groups excluding carboxylic acids is 1. The number of phenols is 1. The Bertz CT molecular complexity index is 772. The second-order valence-electron chi connectivity index (χ2n) is 6.78. The first-order chi connectivity index (χ1) is 12.4. The van der Waals surface area contributed by atoms with Gasteiger partial charge in [0.25, 0.3) is 0 Å². The maximum Gasteiger partial charge on any atom is 0.216 e. The van der Waals surface area contributed by atoms with E-state index in [0.717, 1.165) is 37.3 Å². The molecule has 26 heavy (non-hydrogen) atoms. The Morgan fingerprint density at radius 1 is 1.38 bits per heavy atom. The Hall–Kier alpha value is -2.34. The molecule has 1 aromatic carbocycles. The molecule has 0 unspecified atom stereocenters. The number of piperidine rings is 1. The molecule has 0 saturated carbocycles. The van der Waals surface area contributed by atoms with Gasteiger partial charge in [0.05, 0.1) is 5.69 Å². The number of aromatic hydroxyl groups is 1. The third-order valence-corrected chi connectivity index (χ3v) is 4.89. The summed E-state index contributed by atoms with van der Waals surface area (Å²) in [5.41, 5.74) is 2.12. The van der Waals surface area contributed by atoms with E-state index in [4.69, 9.17) is 11.6 Å². The Balaban J connectivity index is 1.74. The molecule has 1 atom stereocenters. The number of hydrogen-bond donors (Lipinski definition) is 2. The van der Waals surface area contributed by atoms with E-state index >= 15 is 0 Å². The van der Waals surface area contributed by atoms with Crippen LogP contribution in [0.4, 0.5) is 5.82 Å². The van der Waals surface area contributed by atoms with Crippen molar-refractivity contribution in [2.75, 3.05) is 24.5 Å². The van der Waals surface area contributed by atoms with E-state index in [-0.39, 0.29) is 11.7 Å². The molecule has 2 heterocycles. The average molecular weight is 375 g/mol. The van der Waals surface area contributed by atoms with Crippen LogP contribution in [-0.2, 0) is 4.79 Å². The van der Waals surface area contributed by atoms with Crippen LogP contribution in [0.5, 0.6) is 5.75 Å². The van der Waals surface area contributed by atoms with E-state index < -0.39 is 0 Å². The SMILES string of the molecule is CC(=O)NC[C@H]1CCCN(c2ccc(-c3c(C)cc(Cl)cc3O)nn2)C1. The highest BCUT2D eigenvalue weighted by atomic mass is 35.5. The Kier molecular flexibility index (Phi) is 5.61. The van der Waals surface area contributed by atoms with E-state index in [0.29, 0.717) is 28.7 Å². The van der Waals surface area contributed by atoms with Crippen LogP contribution in [0.25, 0.3) is 11.3 Å². The fourth-order valence-corrected chi connectivity index (χ4v) is 3.68. The van der Waals surface area contributed by atoms with Gasteiger partial charge in [-0.3, -0.25) is 4.79 Å². The molecule has 0 aliphatic carbocycles. The summed E-state index contributed by atoms with van der Waals surface area (Å²) in [5.74, 6) is 1.33. The van der Waals surface area contributed by atoms with E-state index in [1.165, 1.54) is 6.07 Å². The second kappa shape index (κ2) is 7.91. The highest BCUT2D eigenvalue weighted by Crippen LogP contribution is 2.34. The van der Waals surface area contributed by atoms with Gasteiger partial charge in [-0.2, -0.15) is 0 Å². The minimum absolute atomic E-state index is 0.00408. The number of amides is 1. The van der Waals surface area contributed by atoms with E-state index in [9.17, 15) is 9.90 Å². The quantitative estimate of drug-likeness (QED) is 0.859. The van der Waals surface area contributed by atoms with Crippen LogP contribution in [0, 0.1) is 12.8 Å². The van der Waals surface area contributed by atoms with Gasteiger partial charge in [-0.05, 0) is 55.5 Å². The number of halogens is 1. The summed E-state index contributed by atoms with van der Waals surface area (Å²) in [7, 11) is 0. The molecule has 1 aliphatic rings. The fraction of sp³-hybridized carbons (Fsp3) is 0.421. The van der Waals surface area contributed by atoms with Crippen LogP contribution < -0.4 is 10.2 Å². The van der Waals surface area contributed by atoms with Gasteiger partial charge < -0.3 is 15.3 Å². The minimum Gasteiger partial charge on any atom is -0.507 e. The molecule has 2 N–H and O–H groups in total. The number of carbonyl (C=O) groups is 1. The number of rotatable bonds is 4. The smallest absolute Gasteiger partial charge is 0.216 e. The molecule has 1 aliphatic heterocycles. The maximum atomic E-state index is 11.1. The van der Waals surface area contributed by atoms with Gasteiger partial charge in [0.15, 0.2) is 5.82 Å². The monoisotopic (exact) mass is 374 g/mol. The van der Waals surface area contributed by atoms with Crippen molar-refractivity contribution in [2.24, 2.45) is 5.92 Å². The lowest BCUT2D eigenvalue weighted by Crippen LogP contribution is -2.41. The summed E-state index contributed by atoms with van der Waals surface area (Å²) in [5, 5.41) is 22.2. The molecule has 3 rings (SSSR count). The van der Waals surface area contributed by atoms with Gasteiger partial charge in [-0.1, -0.05) is 11.6 Å². The zero-order valence-corrected chi connectivity index (χ0v) is 15.8. The van der Waals surface area contributed by atoms with E-state index in [1.54, 1.807) is 13.0 Å². The highest BCUT2D eigenvalue weighted by Gasteiger charge is 2.21. The molecule has 1 aromatic heterocycles. The molecule has 138 valence electrons. The largest absolute Gasteiger partial charge is 0.507 e. The number of hydrogen-bond acceptors (Lipinski definition) is 5. The van der Waals surface area contributed by atoms with E-state index in [2.05, 4.69) is 20.4 Å². The third-order valence-electron chi connectivity index (χ3n) is 4.67. The second-order valence-corrected chi connectivity index (χ2v) is 7.22. The predicted molar refractivity (Wildman–Crippen MR) is 103 cm³/mol. The molecule has 0 radical (unpaired) electrons. The van der Waals surface area contributed by atoms with Crippen molar-refractivity contribution in [3.63, 3.8) is 0 Å². The van der Waals surface area contributed by atoms with Crippen molar-refractivity contribution >= 4 is 23.3 Å². The Morgan fingerprint density at radius 2 is 2.19 bits per heavy atom.